The first-order chi connectivity index (χ1) is 14.5. The first kappa shape index (κ1) is 27.1. The zero-order valence-corrected chi connectivity index (χ0v) is 25.7. The third-order valence-corrected chi connectivity index (χ3v) is 8.61. The summed E-state index contributed by atoms with van der Waals surface area (Å²) in [5.74, 6) is 1.65. The molecule has 1 unspecified atom stereocenters. The molecule has 0 N–H and O–H groups in total. The predicted octanol–water partition coefficient (Wildman–Crippen LogP) is 9.63. The van der Waals surface area contributed by atoms with Gasteiger partial charge in [0.1, 0.15) is 0 Å². The monoisotopic (exact) mass is 550 g/mol. The number of rotatable bonds is 5. The van der Waals surface area contributed by atoms with Crippen molar-refractivity contribution >= 4 is 31.9 Å². The van der Waals surface area contributed by atoms with E-state index < -0.39 is 29.6 Å². The summed E-state index contributed by atoms with van der Waals surface area (Å²) in [4.78, 5) is 0. The Morgan fingerprint density at radius 3 is 1.65 bits per heavy atom. The van der Waals surface area contributed by atoms with Crippen LogP contribution in [0.3, 0.4) is 0 Å². The molecule has 0 fully saturated rings. The van der Waals surface area contributed by atoms with Gasteiger partial charge in [-0.15, -0.1) is 0 Å². The Kier molecular flexibility index (Phi) is 10.3. The first-order valence-corrected chi connectivity index (χ1v) is 20.8. The van der Waals surface area contributed by atoms with E-state index in [4.69, 9.17) is 17.0 Å². The molecule has 1 atom stereocenters. The van der Waals surface area contributed by atoms with Crippen LogP contribution in [-0.2, 0) is 20.8 Å². The summed E-state index contributed by atoms with van der Waals surface area (Å²) in [6, 6.07) is 12.3. The zero-order chi connectivity index (χ0) is 23.5. The maximum absolute atomic E-state index is 4.93. The Balaban J connectivity index is 0.00000107. The molecule has 2 aromatic rings. The van der Waals surface area contributed by atoms with Crippen molar-refractivity contribution in [2.24, 2.45) is 0 Å². The molecule has 0 saturated heterocycles. The Labute approximate surface area is 211 Å². The van der Waals surface area contributed by atoms with Crippen molar-refractivity contribution in [3.63, 3.8) is 0 Å². The normalized spacial score (nSPS) is 15.3. The molecule has 0 nitrogen and oxygen atoms in total. The average molecular weight is 553 g/mol. The minimum absolute atomic E-state index is 0.548. The molecule has 0 aliphatic heterocycles. The summed E-state index contributed by atoms with van der Waals surface area (Å²) in [7, 11) is 9.06. The quantitative estimate of drug-likeness (QED) is 0.324. The molecule has 3 rings (SSSR count). The van der Waals surface area contributed by atoms with Gasteiger partial charge in [0.15, 0.2) is 0 Å². The van der Waals surface area contributed by atoms with E-state index in [0.717, 1.165) is 0 Å². The van der Waals surface area contributed by atoms with Crippen LogP contribution in [0.15, 0.2) is 35.9 Å². The average Bonchev–Trinajstić information content (AvgIpc) is 3.03. The molecule has 31 heavy (non-hydrogen) atoms. The van der Waals surface area contributed by atoms with Crippen LogP contribution >= 0.6 is 17.0 Å². The number of hydrogen-bond donors (Lipinski definition) is 0. The molecule has 0 heterocycles. The molecule has 0 saturated carbocycles. The molecule has 168 valence electrons. The van der Waals surface area contributed by atoms with E-state index in [9.17, 15) is 0 Å². The van der Waals surface area contributed by atoms with Gasteiger partial charge in [0, 0.05) is 8.80 Å². The van der Waals surface area contributed by atoms with E-state index in [1.165, 1.54) is 33.4 Å². The van der Waals surface area contributed by atoms with Crippen molar-refractivity contribution in [2.45, 2.75) is 84.9 Å². The number of fused-ring (bicyclic) bond motifs is 1. The summed E-state index contributed by atoms with van der Waals surface area (Å²) < 4.78 is 0. The molecule has 0 bridgehead atoms. The first-order valence-electron chi connectivity index (χ1n) is 11.5. The molecular formula is C27H38Cl2SiZr. The fraction of sp³-hybridized carbons (Fsp3) is 0.481. The Morgan fingerprint density at radius 2 is 1.23 bits per heavy atom. The van der Waals surface area contributed by atoms with Gasteiger partial charge in [-0.3, -0.25) is 0 Å². The van der Waals surface area contributed by atoms with Gasteiger partial charge in [0.05, 0.1) is 0 Å². The predicted molar refractivity (Wildman–Crippen MR) is 141 cm³/mol. The van der Waals surface area contributed by atoms with Gasteiger partial charge < -0.3 is 0 Å². The Morgan fingerprint density at radius 1 is 0.774 bits per heavy atom. The molecule has 2 aromatic carbocycles. The number of allylic oxidation sites excluding steroid dienone is 1. The summed E-state index contributed by atoms with van der Waals surface area (Å²) in [5.41, 5.74) is 12.6. The molecular weight excluding hydrogens is 515 g/mol. The van der Waals surface area contributed by atoms with E-state index in [1.807, 2.05) is 0 Å². The van der Waals surface area contributed by atoms with E-state index in [2.05, 4.69) is 98.0 Å². The molecule has 0 spiro atoms. The Bertz CT molecular complexity index is 903. The van der Waals surface area contributed by atoms with Crippen molar-refractivity contribution in [3.05, 3.63) is 63.7 Å². The molecule has 4 heteroatoms. The topological polar surface area (TPSA) is 0 Å². The fourth-order valence-corrected chi connectivity index (χ4v) is 6.78. The molecule has 1 aliphatic rings. The van der Waals surface area contributed by atoms with Gasteiger partial charge in [0.25, 0.3) is 0 Å². The van der Waals surface area contributed by atoms with E-state index >= 15 is 0 Å². The van der Waals surface area contributed by atoms with Gasteiger partial charge >= 0.3 is 37.9 Å². The summed E-state index contributed by atoms with van der Waals surface area (Å²) >= 11 is -0.826. The SMILES string of the molecule is CC1=Cc2c(-c3cc(C(C)C)cc(C(C)C)c3)cc(C(C)C)cc2C1[SiH](C)C.[Cl][Zr][Cl]. The standard InChI is InChI=1S/C27H38Si.2ClH.Zr/c1-16(2)20-11-21(17(3)4)13-23(12-20)24-14-22(18(5)6)15-26-25(24)10-19(7)27(26)28(8)9;;;/h10-18,27-28H,1-9H3;2*1H;/q;;;+2/p-2. The van der Waals surface area contributed by atoms with E-state index in [0.29, 0.717) is 23.3 Å². The molecule has 0 amide bonds. The van der Waals surface area contributed by atoms with Crippen molar-refractivity contribution in [1.82, 2.24) is 0 Å². The van der Waals surface area contributed by atoms with Crippen molar-refractivity contribution in [1.29, 1.82) is 0 Å². The number of hydrogen-bond acceptors (Lipinski definition) is 0. The van der Waals surface area contributed by atoms with Crippen LogP contribution in [0, 0.1) is 0 Å². The van der Waals surface area contributed by atoms with Crippen LogP contribution in [0.1, 0.15) is 99.6 Å². The van der Waals surface area contributed by atoms with E-state index in [1.54, 1.807) is 11.1 Å². The summed E-state index contributed by atoms with van der Waals surface area (Å²) in [6.45, 7) is 21.2. The number of halogens is 2. The van der Waals surface area contributed by atoms with Crippen LogP contribution in [0.5, 0.6) is 0 Å². The molecule has 1 aliphatic carbocycles. The van der Waals surface area contributed by atoms with Crippen LogP contribution in [0.2, 0.25) is 13.1 Å². The second kappa shape index (κ2) is 11.8. The summed E-state index contributed by atoms with van der Waals surface area (Å²) in [5, 5.41) is 0. The van der Waals surface area contributed by atoms with E-state index in [-0.39, 0.29) is 0 Å². The minimum atomic E-state index is -0.826. The second-order valence-corrected chi connectivity index (χ2v) is 17.0. The van der Waals surface area contributed by atoms with Crippen molar-refractivity contribution in [3.8, 4) is 11.1 Å². The molecule has 0 radical (unpaired) electrons. The molecule has 0 aromatic heterocycles. The third kappa shape index (κ3) is 6.47. The van der Waals surface area contributed by atoms with Crippen LogP contribution in [0.4, 0.5) is 0 Å². The van der Waals surface area contributed by atoms with Gasteiger partial charge in [-0.1, -0.05) is 96.6 Å². The zero-order valence-electron chi connectivity index (χ0n) is 20.6. The van der Waals surface area contributed by atoms with Crippen LogP contribution in [-0.4, -0.2) is 8.80 Å². The maximum atomic E-state index is 4.93. The van der Waals surface area contributed by atoms with Gasteiger partial charge in [0.2, 0.25) is 0 Å². The van der Waals surface area contributed by atoms with Gasteiger partial charge in [-0.2, -0.15) is 0 Å². The second-order valence-electron chi connectivity index (χ2n) is 10.1. The van der Waals surface area contributed by atoms with Crippen molar-refractivity contribution < 1.29 is 20.8 Å². The number of benzene rings is 2. The van der Waals surface area contributed by atoms with Crippen molar-refractivity contribution in [2.75, 3.05) is 0 Å². The summed E-state index contributed by atoms with van der Waals surface area (Å²) in [6.07, 6.45) is 2.49. The third-order valence-electron chi connectivity index (χ3n) is 6.39. The van der Waals surface area contributed by atoms with Gasteiger partial charge in [-0.25, -0.2) is 0 Å². The van der Waals surface area contributed by atoms with Crippen LogP contribution < -0.4 is 0 Å². The van der Waals surface area contributed by atoms with Crippen LogP contribution in [0.25, 0.3) is 17.2 Å². The fourth-order valence-electron chi connectivity index (χ4n) is 4.64. The Hall–Kier alpha value is -0.140. The van der Waals surface area contributed by atoms with Gasteiger partial charge in [-0.05, 0) is 69.2 Å².